The number of Topliss-reactive ketones (excluding diaryl/α,β-unsaturated/α-hetero) is 1. The Bertz CT molecular complexity index is 939. The molecule has 2 amide bonds. The maximum Gasteiger partial charge on any atom is 0.414 e. The molecular formula is C24H35FN6O4. The van der Waals surface area contributed by atoms with Gasteiger partial charge >= 0.3 is 6.09 Å². The number of benzene rings is 1. The van der Waals surface area contributed by atoms with Crippen LogP contribution in [0.3, 0.4) is 0 Å². The largest absolute Gasteiger partial charge is 0.444 e. The van der Waals surface area contributed by atoms with Crippen molar-refractivity contribution < 1.29 is 23.5 Å². The average molecular weight is 491 g/mol. The average Bonchev–Trinajstić information content (AvgIpc) is 3.03. The first-order valence-corrected chi connectivity index (χ1v) is 12.3. The SMILES string of the molecule is CC(=O)CC[C@H]1CN(c2ccc(N3CCNN(C(=O)CN4CCN(C)CC4)CC3)c(F)c2)C(=O)O1. The summed E-state index contributed by atoms with van der Waals surface area (Å²) in [4.78, 5) is 44.0. The summed E-state index contributed by atoms with van der Waals surface area (Å²) < 4.78 is 20.4. The molecule has 4 rings (SSSR count). The van der Waals surface area contributed by atoms with Gasteiger partial charge in [0.1, 0.15) is 17.7 Å². The zero-order valence-corrected chi connectivity index (χ0v) is 20.5. The van der Waals surface area contributed by atoms with Crippen LogP contribution in [-0.4, -0.2) is 111 Å². The van der Waals surface area contributed by atoms with Crippen LogP contribution >= 0.6 is 0 Å². The number of hydrazine groups is 1. The van der Waals surface area contributed by atoms with Gasteiger partial charge in [0.2, 0.25) is 0 Å². The Kier molecular flexibility index (Phi) is 8.19. The van der Waals surface area contributed by atoms with Crippen LogP contribution in [0.5, 0.6) is 0 Å². The Balaban J connectivity index is 1.33. The molecule has 3 fully saturated rings. The number of hydrogen-bond acceptors (Lipinski definition) is 8. The molecule has 0 bridgehead atoms. The van der Waals surface area contributed by atoms with Gasteiger partial charge in [-0.15, -0.1) is 0 Å². The third-order valence-electron chi connectivity index (χ3n) is 6.81. The van der Waals surface area contributed by atoms with Crippen molar-refractivity contribution in [2.75, 3.05) is 82.3 Å². The van der Waals surface area contributed by atoms with Crippen LogP contribution in [-0.2, 0) is 14.3 Å². The molecule has 0 spiro atoms. The van der Waals surface area contributed by atoms with Crippen LogP contribution in [0.15, 0.2) is 18.2 Å². The van der Waals surface area contributed by atoms with Gasteiger partial charge in [0.15, 0.2) is 0 Å². The fraction of sp³-hybridized carbons (Fsp3) is 0.625. The number of amides is 2. The minimum atomic E-state index is -0.529. The Labute approximate surface area is 205 Å². The zero-order chi connectivity index (χ0) is 24.9. The molecule has 3 aliphatic heterocycles. The van der Waals surface area contributed by atoms with Gasteiger partial charge in [-0.25, -0.2) is 14.6 Å². The Morgan fingerprint density at radius 1 is 1.11 bits per heavy atom. The van der Waals surface area contributed by atoms with Gasteiger partial charge in [0, 0.05) is 52.2 Å². The van der Waals surface area contributed by atoms with Crippen LogP contribution in [0.25, 0.3) is 0 Å². The predicted octanol–water partition coefficient (Wildman–Crippen LogP) is 0.921. The van der Waals surface area contributed by atoms with Crippen LogP contribution in [0, 0.1) is 5.82 Å². The lowest BCUT2D eigenvalue weighted by Crippen LogP contribution is -2.52. The number of carbonyl (C=O) groups excluding carboxylic acids is 3. The third-order valence-corrected chi connectivity index (χ3v) is 6.81. The zero-order valence-electron chi connectivity index (χ0n) is 20.5. The van der Waals surface area contributed by atoms with E-state index in [0.717, 1.165) is 26.2 Å². The van der Waals surface area contributed by atoms with Crippen LogP contribution < -0.4 is 15.2 Å². The van der Waals surface area contributed by atoms with Crippen molar-refractivity contribution >= 4 is 29.2 Å². The maximum absolute atomic E-state index is 15.1. The quantitative estimate of drug-likeness (QED) is 0.604. The number of nitrogens with zero attached hydrogens (tertiary/aromatic N) is 5. The second kappa shape index (κ2) is 11.3. The smallest absolute Gasteiger partial charge is 0.414 e. The molecule has 11 heteroatoms. The molecule has 1 aromatic carbocycles. The van der Waals surface area contributed by atoms with E-state index in [-0.39, 0.29) is 17.8 Å². The van der Waals surface area contributed by atoms with Crippen molar-refractivity contribution in [3.63, 3.8) is 0 Å². The topological polar surface area (TPSA) is 88.7 Å². The van der Waals surface area contributed by atoms with Crippen LogP contribution in [0.1, 0.15) is 19.8 Å². The molecule has 0 radical (unpaired) electrons. The number of nitrogens with one attached hydrogen (secondary N) is 1. The number of halogens is 1. The van der Waals surface area contributed by atoms with Gasteiger partial charge in [-0.05, 0) is 38.6 Å². The molecule has 1 N–H and O–H groups in total. The molecule has 0 aromatic heterocycles. The first-order valence-electron chi connectivity index (χ1n) is 12.3. The highest BCUT2D eigenvalue weighted by molar-refractivity contribution is 5.90. The minimum Gasteiger partial charge on any atom is -0.444 e. The number of carbonyl (C=O) groups is 3. The van der Waals surface area contributed by atoms with Crippen molar-refractivity contribution in [1.82, 2.24) is 20.2 Å². The van der Waals surface area contributed by atoms with Crippen LogP contribution in [0.2, 0.25) is 0 Å². The van der Waals surface area contributed by atoms with Gasteiger partial charge in [0.25, 0.3) is 5.91 Å². The Morgan fingerprint density at radius 2 is 1.89 bits per heavy atom. The summed E-state index contributed by atoms with van der Waals surface area (Å²) in [6.07, 6.45) is -0.0979. The number of hydrogen-bond donors (Lipinski definition) is 1. The molecule has 10 nitrogen and oxygen atoms in total. The summed E-state index contributed by atoms with van der Waals surface area (Å²) in [6.45, 7) is 7.86. The molecular weight excluding hydrogens is 455 g/mol. The normalized spacial score (nSPS) is 22.3. The molecule has 3 aliphatic rings. The van der Waals surface area contributed by atoms with Crippen molar-refractivity contribution in [2.45, 2.75) is 25.9 Å². The number of cyclic esters (lactones) is 1. The van der Waals surface area contributed by atoms with Crippen molar-refractivity contribution in [3.05, 3.63) is 24.0 Å². The highest BCUT2D eigenvalue weighted by Gasteiger charge is 2.33. The van der Waals surface area contributed by atoms with E-state index in [1.54, 1.807) is 17.1 Å². The highest BCUT2D eigenvalue weighted by atomic mass is 19.1. The molecule has 1 aromatic rings. The molecule has 0 aliphatic carbocycles. The van der Waals surface area contributed by atoms with E-state index < -0.39 is 11.9 Å². The molecule has 0 unspecified atom stereocenters. The second-order valence-corrected chi connectivity index (χ2v) is 9.51. The van der Waals surface area contributed by atoms with Gasteiger partial charge in [-0.3, -0.25) is 19.6 Å². The third kappa shape index (κ3) is 6.47. The van der Waals surface area contributed by atoms with Gasteiger partial charge in [-0.1, -0.05) is 0 Å². The first kappa shape index (κ1) is 25.3. The standard InChI is InChI=1S/C24H35FN6O4/c1-18(32)3-5-20-16-30(24(34)35-20)19-4-6-22(21(25)15-19)29-8-7-26-31(14-13-29)23(33)17-28-11-9-27(2)10-12-28/h4,6,15,20,26H,3,5,7-14,16-17H2,1-2H3/t20-/m0/s1. The van der Waals surface area contributed by atoms with Gasteiger partial charge < -0.3 is 19.3 Å². The molecule has 192 valence electrons. The summed E-state index contributed by atoms with van der Waals surface area (Å²) in [5.41, 5.74) is 4.04. The van der Waals surface area contributed by atoms with Crippen LogP contribution in [0.4, 0.5) is 20.6 Å². The number of anilines is 2. The summed E-state index contributed by atoms with van der Waals surface area (Å²) in [7, 11) is 2.08. The summed E-state index contributed by atoms with van der Waals surface area (Å²) in [5.74, 6) is -0.361. The van der Waals surface area contributed by atoms with E-state index in [9.17, 15) is 14.4 Å². The van der Waals surface area contributed by atoms with Crippen molar-refractivity contribution in [1.29, 1.82) is 0 Å². The number of ether oxygens (including phenoxy) is 1. The summed E-state index contributed by atoms with van der Waals surface area (Å²) >= 11 is 0. The Morgan fingerprint density at radius 3 is 2.60 bits per heavy atom. The minimum absolute atomic E-state index is 0.0269. The number of piperazine rings is 1. The lowest BCUT2D eigenvalue weighted by atomic mass is 10.1. The monoisotopic (exact) mass is 490 g/mol. The molecule has 3 heterocycles. The predicted molar refractivity (Wildman–Crippen MR) is 130 cm³/mol. The first-order chi connectivity index (χ1) is 16.8. The van der Waals surface area contributed by atoms with Gasteiger partial charge in [0.05, 0.1) is 31.0 Å². The van der Waals surface area contributed by atoms with Crippen molar-refractivity contribution in [2.24, 2.45) is 0 Å². The maximum atomic E-state index is 15.1. The summed E-state index contributed by atoms with van der Waals surface area (Å²) in [5, 5.41) is 1.64. The lowest BCUT2D eigenvalue weighted by Gasteiger charge is -2.33. The Hall–Kier alpha value is -2.76. The molecule has 35 heavy (non-hydrogen) atoms. The fourth-order valence-corrected chi connectivity index (χ4v) is 4.63. The molecule has 3 saturated heterocycles. The van der Waals surface area contributed by atoms with E-state index in [1.807, 2.05) is 4.90 Å². The highest BCUT2D eigenvalue weighted by Crippen LogP contribution is 2.29. The number of likely N-dealkylation sites (N-methyl/N-ethyl adjacent to an activating group) is 1. The number of ketones is 1. The second-order valence-electron chi connectivity index (χ2n) is 9.51. The van der Waals surface area contributed by atoms with E-state index in [1.165, 1.54) is 17.9 Å². The van der Waals surface area contributed by atoms with E-state index >= 15 is 4.39 Å². The lowest BCUT2D eigenvalue weighted by molar-refractivity contribution is -0.135. The molecule has 0 saturated carbocycles. The van der Waals surface area contributed by atoms with E-state index in [2.05, 4.69) is 22.3 Å². The van der Waals surface area contributed by atoms with E-state index in [4.69, 9.17) is 4.74 Å². The summed E-state index contributed by atoms with van der Waals surface area (Å²) in [6, 6.07) is 4.72. The molecule has 1 atom stereocenters. The van der Waals surface area contributed by atoms with Gasteiger partial charge in [-0.2, -0.15) is 0 Å². The van der Waals surface area contributed by atoms with Crippen molar-refractivity contribution in [3.8, 4) is 0 Å². The number of rotatable bonds is 7. The fourth-order valence-electron chi connectivity index (χ4n) is 4.63. The van der Waals surface area contributed by atoms with E-state index in [0.29, 0.717) is 63.5 Å².